The van der Waals surface area contributed by atoms with Gasteiger partial charge in [-0.15, -0.1) is 0 Å². The second-order valence-electron chi connectivity index (χ2n) is 6.37. The Morgan fingerprint density at radius 1 is 1.33 bits per heavy atom. The van der Waals surface area contributed by atoms with Gasteiger partial charge in [0.1, 0.15) is 17.9 Å². The zero-order chi connectivity index (χ0) is 17.3. The van der Waals surface area contributed by atoms with Crippen LogP contribution >= 0.6 is 0 Å². The molecule has 7 heteroatoms. The van der Waals surface area contributed by atoms with E-state index in [1.807, 2.05) is 24.0 Å². The first kappa shape index (κ1) is 16.4. The van der Waals surface area contributed by atoms with E-state index in [9.17, 15) is 9.59 Å². The highest BCUT2D eigenvalue weighted by Gasteiger charge is 2.50. The fourth-order valence-electron chi connectivity index (χ4n) is 3.18. The minimum Gasteiger partial charge on any atom is -0.372 e. The van der Waals surface area contributed by atoms with Crippen LogP contribution in [-0.2, 0) is 14.3 Å². The molecule has 1 aliphatic heterocycles. The van der Waals surface area contributed by atoms with E-state index in [0.29, 0.717) is 44.1 Å². The van der Waals surface area contributed by atoms with Crippen LogP contribution in [0.25, 0.3) is 0 Å². The highest BCUT2D eigenvalue weighted by Crippen LogP contribution is 2.42. The van der Waals surface area contributed by atoms with Crippen LogP contribution in [0.4, 0.5) is 11.4 Å². The van der Waals surface area contributed by atoms with E-state index in [-0.39, 0.29) is 5.91 Å². The van der Waals surface area contributed by atoms with Gasteiger partial charge in [0.2, 0.25) is 5.91 Å². The second kappa shape index (κ2) is 6.24. The van der Waals surface area contributed by atoms with Crippen LogP contribution in [-0.4, -0.2) is 37.4 Å². The number of anilines is 2. The predicted octanol–water partition coefficient (Wildman–Crippen LogP) is 1.73. The molecule has 1 saturated carbocycles. The molecule has 127 valence electrons. The molecule has 0 bridgehead atoms. The molecule has 0 atom stereocenters. The number of hydrogen-bond donors (Lipinski definition) is 2. The molecule has 2 aliphatic rings. The zero-order valence-electron chi connectivity index (χ0n) is 13.6. The van der Waals surface area contributed by atoms with Gasteiger partial charge in [-0.2, -0.15) is 0 Å². The molecule has 2 fully saturated rings. The Bertz CT molecular complexity index is 697. The van der Waals surface area contributed by atoms with Gasteiger partial charge in [-0.05, 0) is 43.5 Å². The van der Waals surface area contributed by atoms with Crippen molar-refractivity contribution >= 4 is 29.0 Å². The van der Waals surface area contributed by atoms with E-state index in [0.717, 1.165) is 17.7 Å². The lowest BCUT2D eigenvalue weighted by Gasteiger charge is -2.36. The van der Waals surface area contributed by atoms with E-state index in [1.54, 1.807) is 6.07 Å². The Hall–Kier alpha value is -2.41. The average molecular weight is 329 g/mol. The summed E-state index contributed by atoms with van der Waals surface area (Å²) in [5.41, 5.74) is 8.65. The fraction of sp³-hybridized carbons (Fsp3) is 0.471. The lowest BCUT2D eigenvalue weighted by atomic mass is 9.67. The van der Waals surface area contributed by atoms with Gasteiger partial charge in [-0.25, -0.2) is 0 Å². The highest BCUT2D eigenvalue weighted by atomic mass is 16.5. The molecule has 0 aromatic heterocycles. The maximum atomic E-state index is 12.4. The number of carbonyl (C=O) groups excluding carboxylic acids is 2. The average Bonchev–Trinajstić information content (AvgIpc) is 2.47. The van der Waals surface area contributed by atoms with Gasteiger partial charge in [0.15, 0.2) is 0 Å². The van der Waals surface area contributed by atoms with Crippen molar-refractivity contribution in [2.24, 2.45) is 5.41 Å². The monoisotopic (exact) mass is 329 g/mol. The highest BCUT2D eigenvalue weighted by molar-refractivity contribution is 6.10. The summed E-state index contributed by atoms with van der Waals surface area (Å²) in [5.74, 6) is -0.782. The number of amides is 2. The molecule has 1 saturated heterocycles. The Labute approximate surface area is 140 Å². The van der Waals surface area contributed by atoms with Gasteiger partial charge in [0.25, 0.3) is 5.91 Å². The van der Waals surface area contributed by atoms with Gasteiger partial charge in [0.05, 0.1) is 6.61 Å². The van der Waals surface area contributed by atoms with Crippen LogP contribution < -0.4 is 16.0 Å². The van der Waals surface area contributed by atoms with Crippen molar-refractivity contribution < 1.29 is 14.3 Å². The lowest BCUT2D eigenvalue weighted by Crippen LogP contribution is -2.48. The van der Waals surface area contributed by atoms with Crippen LogP contribution in [0.3, 0.4) is 0 Å². The van der Waals surface area contributed by atoms with E-state index in [1.165, 1.54) is 0 Å². The van der Waals surface area contributed by atoms with Gasteiger partial charge in [-0.3, -0.25) is 20.7 Å². The molecule has 1 radical (unpaired) electrons. The summed E-state index contributed by atoms with van der Waals surface area (Å²) in [4.78, 5) is 25.8. The molecule has 0 unspecified atom stereocenters. The summed E-state index contributed by atoms with van der Waals surface area (Å²) in [6.45, 7) is 3.42. The third-order valence-corrected chi connectivity index (χ3v) is 4.85. The number of morpholine rings is 1. The standard InChI is InChI=1S/C17H21N4O3/c1-11-9-12(20-16(23)17(15(19)22)5-2-6-17)3-4-13(11)21-7-8-24-10-14(21)18/h3-4,9,18-19H,2,5-8,10H2,1H3,(H,20,23). The molecular formula is C17H21N4O3. The molecule has 24 heavy (non-hydrogen) atoms. The number of nitrogens with zero attached hydrogens (tertiary/aromatic N) is 1. The summed E-state index contributed by atoms with van der Waals surface area (Å²) in [6, 6.07) is 5.46. The van der Waals surface area contributed by atoms with Gasteiger partial charge < -0.3 is 15.0 Å². The summed E-state index contributed by atoms with van der Waals surface area (Å²) >= 11 is 0. The maximum Gasteiger partial charge on any atom is 0.254 e. The number of benzene rings is 1. The summed E-state index contributed by atoms with van der Waals surface area (Å²) in [6.07, 6.45) is 1.70. The molecule has 2 amide bonds. The smallest absolute Gasteiger partial charge is 0.254 e. The summed E-state index contributed by atoms with van der Waals surface area (Å²) < 4.78 is 5.26. The molecule has 3 N–H and O–H groups in total. The molecule has 7 nitrogen and oxygen atoms in total. The third-order valence-electron chi connectivity index (χ3n) is 4.85. The summed E-state index contributed by atoms with van der Waals surface area (Å²) in [5, 5.41) is 10.8. The lowest BCUT2D eigenvalue weighted by molar-refractivity contribution is -0.144. The van der Waals surface area contributed by atoms with Crippen molar-refractivity contribution in [2.45, 2.75) is 26.2 Å². The van der Waals surface area contributed by atoms with Crippen molar-refractivity contribution in [3.8, 4) is 0 Å². The maximum absolute atomic E-state index is 12.4. The van der Waals surface area contributed by atoms with E-state index >= 15 is 0 Å². The molecule has 1 aliphatic carbocycles. The molecular weight excluding hydrogens is 308 g/mol. The molecule has 3 rings (SSSR count). The quantitative estimate of drug-likeness (QED) is 0.820. The fourth-order valence-corrected chi connectivity index (χ4v) is 3.18. The Balaban J connectivity index is 1.76. The van der Waals surface area contributed by atoms with E-state index in [2.05, 4.69) is 5.32 Å². The van der Waals surface area contributed by atoms with Crippen LogP contribution in [0.15, 0.2) is 18.2 Å². The number of hydrogen-bond acceptors (Lipinski definition) is 4. The Morgan fingerprint density at radius 3 is 2.62 bits per heavy atom. The number of nitrogens with one attached hydrogen (secondary N) is 3. The van der Waals surface area contributed by atoms with Gasteiger partial charge in [-0.1, -0.05) is 6.42 Å². The first-order chi connectivity index (χ1) is 11.4. The van der Waals surface area contributed by atoms with Gasteiger partial charge >= 0.3 is 0 Å². The number of carbonyl (C=O) groups is 2. The molecule has 1 heterocycles. The number of aryl methyl sites for hydroxylation is 1. The molecule has 1 aromatic rings. The van der Waals surface area contributed by atoms with Crippen LogP contribution in [0.1, 0.15) is 24.8 Å². The van der Waals surface area contributed by atoms with Crippen molar-refractivity contribution in [1.82, 2.24) is 5.73 Å². The largest absolute Gasteiger partial charge is 0.372 e. The Kier molecular flexibility index (Phi) is 4.28. The first-order valence-corrected chi connectivity index (χ1v) is 8.05. The van der Waals surface area contributed by atoms with Crippen LogP contribution in [0, 0.1) is 17.7 Å². The van der Waals surface area contributed by atoms with Crippen molar-refractivity contribution in [3.05, 3.63) is 23.8 Å². The number of rotatable bonds is 4. The van der Waals surface area contributed by atoms with Crippen molar-refractivity contribution in [1.29, 1.82) is 5.41 Å². The molecule has 0 spiro atoms. The summed E-state index contributed by atoms with van der Waals surface area (Å²) in [7, 11) is 0. The number of amidine groups is 1. The SMILES string of the molecule is Cc1cc(NC(=O)C2(C([NH])=O)CCC2)ccc1N1CCOCC1=N. The topological polar surface area (TPSA) is 106 Å². The van der Waals surface area contributed by atoms with E-state index < -0.39 is 11.3 Å². The van der Waals surface area contributed by atoms with Crippen molar-refractivity contribution in [2.75, 3.05) is 30.0 Å². The van der Waals surface area contributed by atoms with E-state index in [4.69, 9.17) is 15.9 Å². The second-order valence-corrected chi connectivity index (χ2v) is 6.37. The van der Waals surface area contributed by atoms with Crippen LogP contribution in [0.2, 0.25) is 0 Å². The normalized spacial score (nSPS) is 19.5. The van der Waals surface area contributed by atoms with Crippen molar-refractivity contribution in [3.63, 3.8) is 0 Å². The predicted molar refractivity (Wildman–Crippen MR) is 90.1 cm³/mol. The zero-order valence-corrected chi connectivity index (χ0v) is 13.6. The van der Waals surface area contributed by atoms with Crippen LogP contribution in [0.5, 0.6) is 0 Å². The minimum atomic E-state index is -1.17. The Morgan fingerprint density at radius 2 is 2.08 bits per heavy atom. The first-order valence-electron chi connectivity index (χ1n) is 8.05. The molecule has 1 aromatic carbocycles. The number of ether oxygens (including phenoxy) is 1. The third kappa shape index (κ3) is 2.75. The van der Waals surface area contributed by atoms with Gasteiger partial charge in [0, 0.05) is 17.9 Å². The minimum absolute atomic E-state index is 0.298.